The van der Waals surface area contributed by atoms with Crippen LogP contribution in [0.15, 0.2) is 30.8 Å². The number of nitrogens with zero attached hydrogens (tertiary/aromatic N) is 1. The summed E-state index contributed by atoms with van der Waals surface area (Å²) in [6.45, 7) is 7.16. The molecule has 2 N–H and O–H groups in total. The molecule has 130 valence electrons. The standard InChI is InChI=1S/C17H30N2O3Si/c1-5-16-9-6-7-10-17(16)15-19(13-11-18)12-8-14-23(20-2,21-3)22-4/h5-7,9-10H,1,8,11-15,18H2,2-4H3. The number of hydrogen-bond donors (Lipinski definition) is 1. The van der Waals surface area contributed by atoms with Crippen LogP contribution in [0.2, 0.25) is 6.04 Å². The van der Waals surface area contributed by atoms with Gasteiger partial charge in [0.1, 0.15) is 0 Å². The summed E-state index contributed by atoms with van der Waals surface area (Å²) in [5.74, 6) is 0. The fraction of sp³-hybridized carbons (Fsp3) is 0.529. The quantitative estimate of drug-likeness (QED) is 0.593. The van der Waals surface area contributed by atoms with Crippen LogP contribution in [0.1, 0.15) is 17.5 Å². The van der Waals surface area contributed by atoms with Gasteiger partial charge < -0.3 is 19.0 Å². The average Bonchev–Trinajstić information content (AvgIpc) is 2.60. The smallest absolute Gasteiger partial charge is 0.377 e. The van der Waals surface area contributed by atoms with Crippen LogP contribution < -0.4 is 5.73 Å². The van der Waals surface area contributed by atoms with E-state index in [4.69, 9.17) is 19.0 Å². The Morgan fingerprint density at radius 2 is 1.78 bits per heavy atom. The Hall–Kier alpha value is -1.02. The second-order valence-corrected chi connectivity index (χ2v) is 8.46. The minimum absolute atomic E-state index is 0.637. The molecule has 5 nitrogen and oxygen atoms in total. The highest BCUT2D eigenvalue weighted by molar-refractivity contribution is 6.60. The Balaban J connectivity index is 2.63. The predicted octanol–water partition coefficient (Wildman–Crippen LogP) is 2.36. The largest absolute Gasteiger partial charge is 0.500 e. The highest BCUT2D eigenvalue weighted by atomic mass is 28.4. The number of rotatable bonds is 12. The summed E-state index contributed by atoms with van der Waals surface area (Å²) in [5.41, 5.74) is 8.20. The van der Waals surface area contributed by atoms with E-state index in [-0.39, 0.29) is 0 Å². The van der Waals surface area contributed by atoms with Gasteiger partial charge in [0, 0.05) is 47.0 Å². The second kappa shape index (κ2) is 10.7. The molecule has 0 fully saturated rings. The van der Waals surface area contributed by atoms with E-state index in [1.807, 2.05) is 12.1 Å². The average molecular weight is 339 g/mol. The van der Waals surface area contributed by atoms with Crippen molar-refractivity contribution in [1.29, 1.82) is 0 Å². The maximum absolute atomic E-state index is 5.76. The Labute approximate surface area is 141 Å². The van der Waals surface area contributed by atoms with Gasteiger partial charge in [0.25, 0.3) is 0 Å². The first-order chi connectivity index (χ1) is 11.1. The van der Waals surface area contributed by atoms with Crippen molar-refractivity contribution in [2.24, 2.45) is 5.73 Å². The Morgan fingerprint density at radius 1 is 1.13 bits per heavy atom. The normalized spacial score (nSPS) is 11.9. The third-order valence-electron chi connectivity index (χ3n) is 4.00. The van der Waals surface area contributed by atoms with Gasteiger partial charge in [-0.25, -0.2) is 0 Å². The first-order valence-corrected chi connectivity index (χ1v) is 9.86. The third-order valence-corrected chi connectivity index (χ3v) is 6.84. The Kier molecular flexibility index (Phi) is 9.31. The molecule has 0 aliphatic heterocycles. The lowest BCUT2D eigenvalue weighted by Gasteiger charge is -2.27. The third kappa shape index (κ3) is 6.17. The first-order valence-electron chi connectivity index (χ1n) is 7.93. The topological polar surface area (TPSA) is 57.0 Å². The van der Waals surface area contributed by atoms with E-state index in [1.165, 1.54) is 11.1 Å². The molecule has 0 aliphatic carbocycles. The molecule has 23 heavy (non-hydrogen) atoms. The summed E-state index contributed by atoms with van der Waals surface area (Å²) in [6, 6.07) is 9.10. The van der Waals surface area contributed by atoms with Crippen molar-refractivity contribution >= 4 is 14.9 Å². The van der Waals surface area contributed by atoms with Crippen molar-refractivity contribution in [3.63, 3.8) is 0 Å². The lowest BCUT2D eigenvalue weighted by atomic mass is 10.1. The highest BCUT2D eigenvalue weighted by Gasteiger charge is 2.37. The molecule has 1 aromatic rings. The predicted molar refractivity (Wildman–Crippen MR) is 97.1 cm³/mol. The molecule has 0 heterocycles. The molecule has 0 saturated heterocycles. The zero-order valence-corrected chi connectivity index (χ0v) is 15.6. The van der Waals surface area contributed by atoms with Crippen LogP contribution in [0.5, 0.6) is 0 Å². The molecule has 0 bridgehead atoms. The van der Waals surface area contributed by atoms with E-state index < -0.39 is 8.80 Å². The van der Waals surface area contributed by atoms with Crippen LogP contribution in [-0.2, 0) is 19.8 Å². The number of nitrogens with two attached hydrogens (primary N) is 1. The van der Waals surface area contributed by atoms with Gasteiger partial charge in [0.15, 0.2) is 0 Å². The molecule has 0 unspecified atom stereocenters. The van der Waals surface area contributed by atoms with Crippen molar-refractivity contribution < 1.29 is 13.3 Å². The highest BCUT2D eigenvalue weighted by Crippen LogP contribution is 2.17. The molecule has 0 atom stereocenters. The maximum atomic E-state index is 5.76. The fourth-order valence-corrected chi connectivity index (χ4v) is 4.35. The lowest BCUT2D eigenvalue weighted by molar-refractivity contribution is 0.121. The molecule has 1 aromatic carbocycles. The SMILES string of the molecule is C=Cc1ccccc1CN(CCN)CCC[Si](OC)(OC)OC. The van der Waals surface area contributed by atoms with E-state index in [0.29, 0.717) is 6.54 Å². The molecule has 1 rings (SSSR count). The summed E-state index contributed by atoms with van der Waals surface area (Å²) in [4.78, 5) is 2.35. The van der Waals surface area contributed by atoms with Crippen molar-refractivity contribution in [2.45, 2.75) is 19.0 Å². The summed E-state index contributed by atoms with van der Waals surface area (Å²) in [6.07, 6.45) is 2.84. The van der Waals surface area contributed by atoms with Gasteiger partial charge in [-0.1, -0.05) is 36.9 Å². The summed E-state index contributed by atoms with van der Waals surface area (Å²) >= 11 is 0. The van der Waals surface area contributed by atoms with E-state index in [0.717, 1.165) is 32.1 Å². The zero-order valence-electron chi connectivity index (χ0n) is 14.6. The number of hydrogen-bond acceptors (Lipinski definition) is 5. The molecular formula is C17H30N2O3Si. The van der Waals surface area contributed by atoms with Crippen LogP contribution in [0, 0.1) is 0 Å². The van der Waals surface area contributed by atoms with Crippen LogP contribution in [0.4, 0.5) is 0 Å². The van der Waals surface area contributed by atoms with Crippen LogP contribution in [0.3, 0.4) is 0 Å². The van der Waals surface area contributed by atoms with E-state index in [2.05, 4.69) is 29.7 Å². The molecule has 6 heteroatoms. The van der Waals surface area contributed by atoms with Gasteiger partial charge in [-0.05, 0) is 24.1 Å². The summed E-state index contributed by atoms with van der Waals surface area (Å²) in [7, 11) is 2.46. The van der Waals surface area contributed by atoms with Gasteiger partial charge in [0.2, 0.25) is 0 Å². The van der Waals surface area contributed by atoms with Gasteiger partial charge >= 0.3 is 8.80 Å². The summed E-state index contributed by atoms with van der Waals surface area (Å²) in [5, 5.41) is 0. The molecule has 0 spiro atoms. The van der Waals surface area contributed by atoms with Crippen molar-refractivity contribution in [3.05, 3.63) is 42.0 Å². The zero-order chi connectivity index (χ0) is 17.1. The minimum Gasteiger partial charge on any atom is -0.377 e. The maximum Gasteiger partial charge on any atom is 0.500 e. The summed E-state index contributed by atoms with van der Waals surface area (Å²) < 4.78 is 16.4. The monoisotopic (exact) mass is 338 g/mol. The van der Waals surface area contributed by atoms with Crippen LogP contribution in [-0.4, -0.2) is 54.7 Å². The van der Waals surface area contributed by atoms with Crippen molar-refractivity contribution in [2.75, 3.05) is 41.0 Å². The minimum atomic E-state index is -2.49. The van der Waals surface area contributed by atoms with E-state index in [1.54, 1.807) is 21.3 Å². The Morgan fingerprint density at radius 3 is 2.35 bits per heavy atom. The molecule has 0 amide bonds. The van der Waals surface area contributed by atoms with Gasteiger partial charge in [-0.15, -0.1) is 0 Å². The lowest BCUT2D eigenvalue weighted by Crippen LogP contribution is -2.43. The van der Waals surface area contributed by atoms with Gasteiger partial charge in [-0.3, -0.25) is 4.90 Å². The second-order valence-electron chi connectivity index (χ2n) is 5.37. The fourth-order valence-electron chi connectivity index (χ4n) is 2.65. The molecular weight excluding hydrogens is 308 g/mol. The molecule has 0 aliphatic rings. The van der Waals surface area contributed by atoms with Gasteiger partial charge in [0.05, 0.1) is 0 Å². The molecule has 0 saturated carbocycles. The van der Waals surface area contributed by atoms with Crippen molar-refractivity contribution in [1.82, 2.24) is 4.90 Å². The van der Waals surface area contributed by atoms with Crippen molar-refractivity contribution in [3.8, 4) is 0 Å². The molecule has 0 aromatic heterocycles. The van der Waals surface area contributed by atoms with Crippen LogP contribution >= 0.6 is 0 Å². The van der Waals surface area contributed by atoms with Crippen LogP contribution in [0.25, 0.3) is 6.08 Å². The van der Waals surface area contributed by atoms with E-state index in [9.17, 15) is 0 Å². The first kappa shape index (κ1) is 20.0. The van der Waals surface area contributed by atoms with E-state index >= 15 is 0 Å². The Bertz CT molecular complexity index is 459. The number of benzene rings is 1. The molecule has 0 radical (unpaired) electrons. The van der Waals surface area contributed by atoms with Gasteiger partial charge in [-0.2, -0.15) is 0 Å².